The summed E-state index contributed by atoms with van der Waals surface area (Å²) in [4.78, 5) is 11.8. The number of fused-ring (bicyclic) bond motifs is 1. The fourth-order valence-corrected chi connectivity index (χ4v) is 1.84. The predicted molar refractivity (Wildman–Crippen MR) is 67.1 cm³/mol. The van der Waals surface area contributed by atoms with E-state index in [0.717, 1.165) is 11.1 Å². The van der Waals surface area contributed by atoms with Gasteiger partial charge >= 0.3 is 0 Å². The summed E-state index contributed by atoms with van der Waals surface area (Å²) in [5.74, 6) is -0.0824. The van der Waals surface area contributed by atoms with Gasteiger partial charge in [-0.3, -0.25) is 4.79 Å². The van der Waals surface area contributed by atoms with E-state index in [0.29, 0.717) is 45.1 Å². The lowest BCUT2D eigenvalue weighted by Gasteiger charge is -2.07. The van der Waals surface area contributed by atoms with E-state index in [9.17, 15) is 4.79 Å². The minimum atomic E-state index is -0.0824. The van der Waals surface area contributed by atoms with Gasteiger partial charge in [-0.1, -0.05) is 6.07 Å². The third-order valence-electron chi connectivity index (χ3n) is 2.78. The van der Waals surface area contributed by atoms with Gasteiger partial charge in [0.05, 0.1) is 26.4 Å². The highest BCUT2D eigenvalue weighted by atomic mass is 16.5. The Labute approximate surface area is 106 Å². The molecular formula is C13H18N2O3. The highest BCUT2D eigenvalue weighted by Gasteiger charge is 2.13. The van der Waals surface area contributed by atoms with Crippen molar-refractivity contribution in [2.75, 3.05) is 26.3 Å². The summed E-state index contributed by atoms with van der Waals surface area (Å²) in [5, 5.41) is 2.80. The SMILES string of the molecule is NCCOCCNC(=O)c1ccc2c(c1)COC2. The number of hydrogen-bond donors (Lipinski definition) is 2. The normalized spacial score (nSPS) is 13.4. The fourth-order valence-electron chi connectivity index (χ4n) is 1.84. The van der Waals surface area contributed by atoms with Gasteiger partial charge < -0.3 is 20.5 Å². The quantitative estimate of drug-likeness (QED) is 0.718. The zero-order valence-electron chi connectivity index (χ0n) is 10.3. The second-order valence-electron chi connectivity index (χ2n) is 4.13. The molecule has 1 amide bonds. The van der Waals surface area contributed by atoms with Crippen LogP contribution >= 0.6 is 0 Å². The molecule has 5 heteroatoms. The summed E-state index contributed by atoms with van der Waals surface area (Å²) in [5.41, 5.74) is 8.22. The van der Waals surface area contributed by atoms with Gasteiger partial charge in [-0.2, -0.15) is 0 Å². The lowest BCUT2D eigenvalue weighted by Crippen LogP contribution is -2.28. The van der Waals surface area contributed by atoms with Crippen LogP contribution in [0.15, 0.2) is 18.2 Å². The molecule has 18 heavy (non-hydrogen) atoms. The summed E-state index contributed by atoms with van der Waals surface area (Å²) in [7, 11) is 0. The lowest BCUT2D eigenvalue weighted by molar-refractivity contribution is 0.0919. The topological polar surface area (TPSA) is 73.6 Å². The molecular weight excluding hydrogens is 232 g/mol. The van der Waals surface area contributed by atoms with Gasteiger partial charge in [0.25, 0.3) is 5.91 Å². The summed E-state index contributed by atoms with van der Waals surface area (Å²) in [6, 6.07) is 5.66. The van der Waals surface area contributed by atoms with Gasteiger partial charge in [-0.15, -0.1) is 0 Å². The smallest absolute Gasteiger partial charge is 0.251 e. The monoisotopic (exact) mass is 250 g/mol. The third kappa shape index (κ3) is 3.29. The highest BCUT2D eigenvalue weighted by molar-refractivity contribution is 5.94. The third-order valence-corrected chi connectivity index (χ3v) is 2.78. The number of carbonyl (C=O) groups is 1. The van der Waals surface area contributed by atoms with Crippen LogP contribution in [-0.4, -0.2) is 32.2 Å². The Balaban J connectivity index is 1.82. The van der Waals surface area contributed by atoms with Gasteiger partial charge in [-0.25, -0.2) is 0 Å². The average molecular weight is 250 g/mol. The molecule has 1 aromatic carbocycles. The van der Waals surface area contributed by atoms with Crippen LogP contribution < -0.4 is 11.1 Å². The second kappa shape index (κ2) is 6.49. The van der Waals surface area contributed by atoms with Crippen LogP contribution in [0.25, 0.3) is 0 Å². The molecule has 0 aliphatic carbocycles. The Morgan fingerprint density at radius 2 is 2.17 bits per heavy atom. The van der Waals surface area contributed by atoms with E-state index in [1.54, 1.807) is 0 Å². The molecule has 1 heterocycles. The molecule has 0 fully saturated rings. The largest absolute Gasteiger partial charge is 0.378 e. The van der Waals surface area contributed by atoms with Crippen molar-refractivity contribution in [3.8, 4) is 0 Å². The maximum absolute atomic E-state index is 11.8. The van der Waals surface area contributed by atoms with Crippen molar-refractivity contribution < 1.29 is 14.3 Å². The van der Waals surface area contributed by atoms with Crippen molar-refractivity contribution in [1.29, 1.82) is 0 Å². The summed E-state index contributed by atoms with van der Waals surface area (Å²) >= 11 is 0. The highest BCUT2D eigenvalue weighted by Crippen LogP contribution is 2.20. The van der Waals surface area contributed by atoms with E-state index in [4.69, 9.17) is 15.2 Å². The number of nitrogens with one attached hydrogen (secondary N) is 1. The van der Waals surface area contributed by atoms with Crippen LogP contribution in [0.2, 0.25) is 0 Å². The van der Waals surface area contributed by atoms with E-state index >= 15 is 0 Å². The molecule has 1 aromatic rings. The first kappa shape index (κ1) is 13.0. The van der Waals surface area contributed by atoms with Gasteiger partial charge in [-0.05, 0) is 23.3 Å². The van der Waals surface area contributed by atoms with Crippen molar-refractivity contribution in [3.63, 3.8) is 0 Å². The average Bonchev–Trinajstić information content (AvgIpc) is 2.85. The molecule has 0 unspecified atom stereocenters. The second-order valence-corrected chi connectivity index (χ2v) is 4.13. The minimum Gasteiger partial charge on any atom is -0.378 e. The molecule has 1 aliphatic heterocycles. The molecule has 0 atom stereocenters. The van der Waals surface area contributed by atoms with Gasteiger partial charge in [0.15, 0.2) is 0 Å². The van der Waals surface area contributed by atoms with Crippen LogP contribution in [0.4, 0.5) is 0 Å². The number of amides is 1. The Kier molecular flexibility index (Phi) is 4.69. The number of rotatable bonds is 6. The Morgan fingerprint density at radius 1 is 1.33 bits per heavy atom. The maximum atomic E-state index is 11.8. The molecule has 0 saturated carbocycles. The molecule has 98 valence electrons. The van der Waals surface area contributed by atoms with Crippen molar-refractivity contribution in [3.05, 3.63) is 34.9 Å². The van der Waals surface area contributed by atoms with Gasteiger partial charge in [0.1, 0.15) is 0 Å². The van der Waals surface area contributed by atoms with E-state index < -0.39 is 0 Å². The van der Waals surface area contributed by atoms with E-state index in [1.807, 2.05) is 18.2 Å². The van der Waals surface area contributed by atoms with Crippen LogP contribution in [0.3, 0.4) is 0 Å². The van der Waals surface area contributed by atoms with Crippen LogP contribution in [-0.2, 0) is 22.7 Å². The van der Waals surface area contributed by atoms with Crippen molar-refractivity contribution in [2.24, 2.45) is 5.73 Å². The Bertz CT molecular complexity index is 421. The number of nitrogens with two attached hydrogens (primary N) is 1. The van der Waals surface area contributed by atoms with Crippen LogP contribution in [0.5, 0.6) is 0 Å². The van der Waals surface area contributed by atoms with Crippen LogP contribution in [0, 0.1) is 0 Å². The van der Waals surface area contributed by atoms with Gasteiger partial charge in [0, 0.05) is 18.7 Å². The molecule has 0 bridgehead atoms. The lowest BCUT2D eigenvalue weighted by atomic mass is 10.1. The van der Waals surface area contributed by atoms with E-state index in [-0.39, 0.29) is 5.91 Å². The summed E-state index contributed by atoms with van der Waals surface area (Å²) in [6.45, 7) is 3.23. The summed E-state index contributed by atoms with van der Waals surface area (Å²) < 4.78 is 10.5. The number of hydrogen-bond acceptors (Lipinski definition) is 4. The van der Waals surface area contributed by atoms with Crippen molar-refractivity contribution in [1.82, 2.24) is 5.32 Å². The number of benzene rings is 1. The molecule has 2 rings (SSSR count). The maximum Gasteiger partial charge on any atom is 0.251 e. The molecule has 1 aliphatic rings. The van der Waals surface area contributed by atoms with E-state index in [1.165, 1.54) is 0 Å². The standard InChI is InChI=1S/C13H18N2O3/c14-3-5-17-6-4-15-13(16)10-1-2-11-8-18-9-12(11)7-10/h1-2,7H,3-6,8-9,14H2,(H,15,16). The Morgan fingerprint density at radius 3 is 3.00 bits per heavy atom. The van der Waals surface area contributed by atoms with Crippen molar-refractivity contribution in [2.45, 2.75) is 13.2 Å². The molecule has 0 radical (unpaired) electrons. The van der Waals surface area contributed by atoms with Crippen molar-refractivity contribution >= 4 is 5.91 Å². The van der Waals surface area contributed by atoms with Gasteiger partial charge in [0.2, 0.25) is 0 Å². The first-order valence-electron chi connectivity index (χ1n) is 6.07. The predicted octanol–water partition coefficient (Wildman–Crippen LogP) is 0.422. The van der Waals surface area contributed by atoms with E-state index in [2.05, 4.69) is 5.32 Å². The molecule has 3 N–H and O–H groups in total. The first-order chi connectivity index (χ1) is 8.81. The number of carbonyl (C=O) groups excluding carboxylic acids is 1. The molecule has 0 spiro atoms. The molecule has 5 nitrogen and oxygen atoms in total. The zero-order chi connectivity index (χ0) is 12.8. The fraction of sp³-hybridized carbons (Fsp3) is 0.462. The number of ether oxygens (including phenoxy) is 2. The zero-order valence-corrected chi connectivity index (χ0v) is 10.3. The molecule has 0 saturated heterocycles. The first-order valence-corrected chi connectivity index (χ1v) is 6.07. The Hall–Kier alpha value is -1.43. The minimum absolute atomic E-state index is 0.0824. The molecule has 0 aromatic heterocycles. The summed E-state index contributed by atoms with van der Waals surface area (Å²) in [6.07, 6.45) is 0. The van der Waals surface area contributed by atoms with Crippen LogP contribution in [0.1, 0.15) is 21.5 Å².